The summed E-state index contributed by atoms with van der Waals surface area (Å²) in [6.07, 6.45) is 2.30. The first-order chi connectivity index (χ1) is 18.7. The number of aryl methyl sites for hydroxylation is 2. The Bertz CT molecular complexity index is 1280. The molecular formula is C30H38ClN5O3. The van der Waals surface area contributed by atoms with E-state index in [1.54, 1.807) is 4.90 Å². The maximum Gasteiger partial charge on any atom is 0.246 e. The van der Waals surface area contributed by atoms with Gasteiger partial charge in [0.25, 0.3) is 0 Å². The number of ether oxygens (including phenoxy) is 1. The van der Waals surface area contributed by atoms with Crippen LogP contribution in [0.5, 0.6) is 0 Å². The molecule has 1 aromatic heterocycles. The predicted molar refractivity (Wildman–Crippen MR) is 155 cm³/mol. The Morgan fingerprint density at radius 2 is 1.79 bits per heavy atom. The number of nitrogens with zero attached hydrogens (tertiary/aromatic N) is 4. The van der Waals surface area contributed by atoms with E-state index in [1.165, 1.54) is 5.56 Å². The van der Waals surface area contributed by atoms with Crippen molar-refractivity contribution in [1.29, 1.82) is 0 Å². The Kier molecular flexibility index (Phi) is 9.78. The Morgan fingerprint density at radius 1 is 1.08 bits per heavy atom. The van der Waals surface area contributed by atoms with E-state index in [4.69, 9.17) is 21.3 Å². The number of benzene rings is 2. The number of carbonyl (C=O) groups excluding carboxylic acids is 2. The zero-order chi connectivity index (χ0) is 27.9. The van der Waals surface area contributed by atoms with Gasteiger partial charge in [0.1, 0.15) is 0 Å². The minimum Gasteiger partial charge on any atom is -0.379 e. The molecule has 0 spiro atoms. The van der Waals surface area contributed by atoms with Gasteiger partial charge in [-0.1, -0.05) is 43.6 Å². The standard InChI is InChI=1S/C30H38ClN5O3/c1-21(2)17-29(38)35(12-11-34-13-15-39-16-14-34)20-28(37)33-30-32-27(24-6-8-25(31)9-7-24)19-36(30)26-10-5-22(3)23(4)18-26/h5-10,18-19,21H,11-17,20H2,1-4H3,(H,32,33,37). The van der Waals surface area contributed by atoms with Gasteiger partial charge in [0, 0.05) is 55.1 Å². The molecule has 9 heteroatoms. The first-order valence-electron chi connectivity index (χ1n) is 13.5. The quantitative estimate of drug-likeness (QED) is 0.385. The number of morpholine rings is 1. The van der Waals surface area contributed by atoms with Gasteiger partial charge in [0.15, 0.2) is 0 Å². The van der Waals surface area contributed by atoms with E-state index in [0.29, 0.717) is 49.4 Å². The summed E-state index contributed by atoms with van der Waals surface area (Å²) in [5, 5.41) is 3.62. The molecule has 0 aliphatic carbocycles. The maximum absolute atomic E-state index is 13.3. The minimum absolute atomic E-state index is 0.0206. The molecule has 0 atom stereocenters. The lowest BCUT2D eigenvalue weighted by molar-refractivity contribution is -0.135. The fourth-order valence-electron chi connectivity index (χ4n) is 4.50. The van der Waals surface area contributed by atoms with Crippen molar-refractivity contribution >= 4 is 29.4 Å². The van der Waals surface area contributed by atoms with Crippen LogP contribution in [0.25, 0.3) is 16.9 Å². The third-order valence-corrected chi connectivity index (χ3v) is 7.18. The Morgan fingerprint density at radius 3 is 2.46 bits per heavy atom. The highest BCUT2D eigenvalue weighted by atomic mass is 35.5. The molecule has 1 aliphatic rings. The van der Waals surface area contributed by atoms with Crippen LogP contribution in [-0.2, 0) is 14.3 Å². The molecule has 3 aromatic rings. The van der Waals surface area contributed by atoms with Crippen LogP contribution in [-0.4, -0.2) is 77.1 Å². The van der Waals surface area contributed by atoms with Crippen molar-refractivity contribution in [2.24, 2.45) is 5.92 Å². The van der Waals surface area contributed by atoms with Crippen molar-refractivity contribution in [3.05, 3.63) is 64.8 Å². The largest absolute Gasteiger partial charge is 0.379 e. The molecule has 0 radical (unpaired) electrons. The molecule has 1 N–H and O–H groups in total. The second-order valence-corrected chi connectivity index (χ2v) is 10.9. The lowest BCUT2D eigenvalue weighted by atomic mass is 10.1. The summed E-state index contributed by atoms with van der Waals surface area (Å²) < 4.78 is 7.31. The first-order valence-corrected chi connectivity index (χ1v) is 13.9. The van der Waals surface area contributed by atoms with Gasteiger partial charge in [0.05, 0.1) is 25.5 Å². The molecular weight excluding hydrogens is 514 g/mol. The average molecular weight is 552 g/mol. The van der Waals surface area contributed by atoms with Crippen molar-refractivity contribution < 1.29 is 14.3 Å². The molecule has 0 saturated carbocycles. The molecule has 1 saturated heterocycles. The highest BCUT2D eigenvalue weighted by Gasteiger charge is 2.22. The van der Waals surface area contributed by atoms with Gasteiger partial charge in [-0.3, -0.25) is 24.4 Å². The van der Waals surface area contributed by atoms with Gasteiger partial charge in [-0.25, -0.2) is 4.98 Å². The maximum atomic E-state index is 13.3. The Balaban J connectivity index is 1.56. The van der Waals surface area contributed by atoms with E-state index in [0.717, 1.165) is 29.9 Å². The second-order valence-electron chi connectivity index (χ2n) is 10.5. The van der Waals surface area contributed by atoms with E-state index in [2.05, 4.69) is 36.2 Å². The van der Waals surface area contributed by atoms with E-state index in [-0.39, 0.29) is 24.3 Å². The smallest absolute Gasteiger partial charge is 0.246 e. The zero-order valence-corrected chi connectivity index (χ0v) is 24.0. The van der Waals surface area contributed by atoms with Crippen molar-refractivity contribution in [3.63, 3.8) is 0 Å². The normalized spacial score (nSPS) is 14.0. The van der Waals surface area contributed by atoms with Crippen LogP contribution in [0.1, 0.15) is 31.4 Å². The van der Waals surface area contributed by atoms with Gasteiger partial charge < -0.3 is 9.64 Å². The van der Waals surface area contributed by atoms with Crippen LogP contribution in [0.2, 0.25) is 5.02 Å². The molecule has 1 fully saturated rings. The second kappa shape index (κ2) is 13.2. The summed E-state index contributed by atoms with van der Waals surface area (Å²) in [5.74, 6) is 0.301. The van der Waals surface area contributed by atoms with Gasteiger partial charge in [-0.2, -0.15) is 0 Å². The summed E-state index contributed by atoms with van der Waals surface area (Å²) in [7, 11) is 0. The number of anilines is 1. The zero-order valence-electron chi connectivity index (χ0n) is 23.2. The van der Waals surface area contributed by atoms with Gasteiger partial charge in [-0.15, -0.1) is 0 Å². The molecule has 1 aliphatic heterocycles. The molecule has 8 nitrogen and oxygen atoms in total. The molecule has 0 unspecified atom stereocenters. The summed E-state index contributed by atoms with van der Waals surface area (Å²) >= 11 is 6.09. The number of hydrogen-bond donors (Lipinski definition) is 1. The number of halogens is 1. The van der Waals surface area contributed by atoms with E-state index in [9.17, 15) is 9.59 Å². The molecule has 208 valence electrons. The van der Waals surface area contributed by atoms with Crippen LogP contribution in [0.4, 0.5) is 5.95 Å². The van der Waals surface area contributed by atoms with Crippen LogP contribution in [0.3, 0.4) is 0 Å². The molecule has 0 bridgehead atoms. The van der Waals surface area contributed by atoms with E-state index in [1.807, 2.05) is 54.9 Å². The highest BCUT2D eigenvalue weighted by molar-refractivity contribution is 6.30. The third kappa shape index (κ3) is 7.91. The van der Waals surface area contributed by atoms with E-state index < -0.39 is 0 Å². The van der Waals surface area contributed by atoms with Crippen molar-refractivity contribution in [2.45, 2.75) is 34.1 Å². The summed E-state index contributed by atoms with van der Waals surface area (Å²) in [4.78, 5) is 35.1. The SMILES string of the molecule is Cc1ccc(-n2cc(-c3ccc(Cl)cc3)nc2NC(=O)CN(CCN2CCOCC2)C(=O)CC(C)C)cc1C. The van der Waals surface area contributed by atoms with E-state index >= 15 is 0 Å². The molecule has 2 aromatic carbocycles. The number of rotatable bonds is 10. The van der Waals surface area contributed by atoms with Crippen LogP contribution in [0.15, 0.2) is 48.7 Å². The Labute approximate surface area is 235 Å². The lowest BCUT2D eigenvalue weighted by Crippen LogP contribution is -2.45. The summed E-state index contributed by atoms with van der Waals surface area (Å²) in [5.41, 5.74) is 4.81. The van der Waals surface area contributed by atoms with Crippen LogP contribution in [0, 0.1) is 19.8 Å². The molecule has 39 heavy (non-hydrogen) atoms. The number of nitrogens with one attached hydrogen (secondary N) is 1. The minimum atomic E-state index is -0.285. The summed E-state index contributed by atoms with van der Waals surface area (Å²) in [6.45, 7) is 12.3. The Hall–Kier alpha value is -3.20. The monoisotopic (exact) mass is 551 g/mol. The molecule has 2 amide bonds. The highest BCUT2D eigenvalue weighted by Crippen LogP contribution is 2.26. The number of hydrogen-bond acceptors (Lipinski definition) is 5. The fourth-order valence-corrected chi connectivity index (χ4v) is 4.62. The van der Waals surface area contributed by atoms with Crippen LogP contribution >= 0.6 is 11.6 Å². The number of aromatic nitrogens is 2. The van der Waals surface area contributed by atoms with Gasteiger partial charge >= 0.3 is 0 Å². The molecule has 4 rings (SSSR count). The average Bonchev–Trinajstić information content (AvgIpc) is 3.32. The number of amides is 2. The van der Waals surface area contributed by atoms with Crippen molar-refractivity contribution in [1.82, 2.24) is 19.4 Å². The third-order valence-electron chi connectivity index (χ3n) is 6.93. The van der Waals surface area contributed by atoms with Crippen molar-refractivity contribution in [3.8, 4) is 16.9 Å². The van der Waals surface area contributed by atoms with Gasteiger partial charge in [-0.05, 0) is 55.2 Å². The first kappa shape index (κ1) is 28.8. The van der Waals surface area contributed by atoms with Crippen molar-refractivity contribution in [2.75, 3.05) is 51.3 Å². The summed E-state index contributed by atoms with van der Waals surface area (Å²) in [6, 6.07) is 13.6. The topological polar surface area (TPSA) is 79.7 Å². The van der Waals surface area contributed by atoms with Gasteiger partial charge in [0.2, 0.25) is 17.8 Å². The van der Waals surface area contributed by atoms with Crippen LogP contribution < -0.4 is 5.32 Å². The molecule has 2 heterocycles. The predicted octanol–water partition coefficient (Wildman–Crippen LogP) is 4.95. The lowest BCUT2D eigenvalue weighted by Gasteiger charge is -2.30. The number of imidazole rings is 1. The fraction of sp³-hybridized carbons (Fsp3) is 0.433. The number of carbonyl (C=O) groups is 2.